The first kappa shape index (κ1) is 15.5. The molecule has 21 heavy (non-hydrogen) atoms. The van der Waals surface area contributed by atoms with Gasteiger partial charge in [0.1, 0.15) is 6.61 Å². The van der Waals surface area contributed by atoms with Gasteiger partial charge in [-0.2, -0.15) is 0 Å². The van der Waals surface area contributed by atoms with E-state index in [0.717, 1.165) is 11.8 Å². The van der Waals surface area contributed by atoms with Crippen LogP contribution in [0.25, 0.3) is 0 Å². The third kappa shape index (κ3) is 4.31. The van der Waals surface area contributed by atoms with Gasteiger partial charge in [-0.1, -0.05) is 23.7 Å². The van der Waals surface area contributed by atoms with Gasteiger partial charge in [0, 0.05) is 11.3 Å². The van der Waals surface area contributed by atoms with Gasteiger partial charge in [-0.3, -0.25) is 0 Å². The van der Waals surface area contributed by atoms with Gasteiger partial charge in [-0.15, -0.1) is 0 Å². The number of halogens is 1. The van der Waals surface area contributed by atoms with Gasteiger partial charge in [0.2, 0.25) is 0 Å². The molecule has 4 nitrogen and oxygen atoms in total. The van der Waals surface area contributed by atoms with Crippen LogP contribution in [0.2, 0.25) is 5.02 Å². The SMILES string of the molecule is CS(=O)(=O)c1ccc(C(=O)OCc2cccc(Cl)c2)cc1. The first-order chi connectivity index (χ1) is 9.86. The van der Waals surface area contributed by atoms with Gasteiger partial charge in [-0.05, 0) is 42.0 Å². The summed E-state index contributed by atoms with van der Waals surface area (Å²) in [6.45, 7) is 0.104. The quantitative estimate of drug-likeness (QED) is 0.811. The van der Waals surface area contributed by atoms with E-state index in [4.69, 9.17) is 16.3 Å². The minimum atomic E-state index is -3.27. The molecular formula is C15H13ClO4S. The van der Waals surface area contributed by atoms with E-state index in [0.29, 0.717) is 10.6 Å². The maximum absolute atomic E-state index is 11.9. The molecule has 0 heterocycles. The third-order valence-electron chi connectivity index (χ3n) is 2.78. The van der Waals surface area contributed by atoms with Crippen LogP contribution in [0.4, 0.5) is 0 Å². The molecule has 0 radical (unpaired) electrons. The number of carbonyl (C=O) groups excluding carboxylic acids is 1. The Hall–Kier alpha value is -1.85. The van der Waals surface area contributed by atoms with E-state index in [-0.39, 0.29) is 11.5 Å². The molecule has 0 N–H and O–H groups in total. The highest BCUT2D eigenvalue weighted by Gasteiger charge is 2.11. The molecule has 0 atom stereocenters. The van der Waals surface area contributed by atoms with Gasteiger partial charge in [0.15, 0.2) is 9.84 Å². The van der Waals surface area contributed by atoms with Crippen molar-refractivity contribution in [3.8, 4) is 0 Å². The van der Waals surface area contributed by atoms with E-state index >= 15 is 0 Å². The molecule has 0 saturated carbocycles. The Morgan fingerprint density at radius 1 is 1.14 bits per heavy atom. The number of sulfone groups is 1. The van der Waals surface area contributed by atoms with Gasteiger partial charge in [0.25, 0.3) is 0 Å². The summed E-state index contributed by atoms with van der Waals surface area (Å²) < 4.78 is 27.8. The highest BCUT2D eigenvalue weighted by Crippen LogP contribution is 2.14. The second kappa shape index (κ2) is 6.28. The zero-order chi connectivity index (χ0) is 15.5. The predicted octanol–water partition coefficient (Wildman–Crippen LogP) is 3.10. The Bertz CT molecular complexity index is 751. The van der Waals surface area contributed by atoms with E-state index in [1.54, 1.807) is 24.3 Å². The molecule has 0 aliphatic rings. The molecule has 0 aromatic heterocycles. The van der Waals surface area contributed by atoms with E-state index in [9.17, 15) is 13.2 Å². The number of carbonyl (C=O) groups is 1. The molecule has 6 heteroatoms. The number of esters is 1. The van der Waals surface area contributed by atoms with Crippen molar-refractivity contribution in [2.45, 2.75) is 11.5 Å². The fourth-order valence-electron chi connectivity index (χ4n) is 1.70. The second-order valence-corrected chi connectivity index (χ2v) is 6.95. The van der Waals surface area contributed by atoms with Crippen LogP contribution in [0.5, 0.6) is 0 Å². The highest BCUT2D eigenvalue weighted by molar-refractivity contribution is 7.90. The summed E-state index contributed by atoms with van der Waals surface area (Å²) in [6, 6.07) is 12.6. The minimum Gasteiger partial charge on any atom is -0.457 e. The van der Waals surface area contributed by atoms with Gasteiger partial charge in [0.05, 0.1) is 10.5 Å². The maximum atomic E-state index is 11.9. The molecule has 0 unspecified atom stereocenters. The standard InChI is InChI=1S/C15H13ClO4S/c1-21(18,19)14-7-5-12(6-8-14)15(17)20-10-11-3-2-4-13(16)9-11/h2-9H,10H2,1H3. The number of benzene rings is 2. The maximum Gasteiger partial charge on any atom is 0.338 e. The Morgan fingerprint density at radius 3 is 2.38 bits per heavy atom. The number of rotatable bonds is 4. The van der Waals surface area contributed by atoms with E-state index in [1.807, 2.05) is 0 Å². The lowest BCUT2D eigenvalue weighted by molar-refractivity contribution is 0.0472. The Balaban J connectivity index is 2.04. The van der Waals surface area contributed by atoms with Crippen LogP contribution in [0.3, 0.4) is 0 Å². The number of hydrogen-bond acceptors (Lipinski definition) is 4. The fraction of sp³-hybridized carbons (Fsp3) is 0.133. The van der Waals surface area contributed by atoms with Gasteiger partial charge < -0.3 is 4.74 Å². The van der Waals surface area contributed by atoms with Crippen LogP contribution in [-0.4, -0.2) is 20.6 Å². The molecule has 2 rings (SSSR count). The summed E-state index contributed by atoms with van der Waals surface area (Å²) in [5.41, 5.74) is 1.08. The van der Waals surface area contributed by atoms with Crippen molar-refractivity contribution in [1.82, 2.24) is 0 Å². The molecule has 0 amide bonds. The van der Waals surface area contributed by atoms with E-state index in [2.05, 4.69) is 0 Å². The molecule has 0 bridgehead atoms. The fourth-order valence-corrected chi connectivity index (χ4v) is 2.54. The first-order valence-corrected chi connectivity index (χ1v) is 8.35. The van der Waals surface area contributed by atoms with Crippen molar-refractivity contribution < 1.29 is 17.9 Å². The lowest BCUT2D eigenvalue weighted by Gasteiger charge is -2.06. The molecule has 0 aliphatic heterocycles. The molecule has 0 spiro atoms. The summed E-state index contributed by atoms with van der Waals surface area (Å²) in [6.07, 6.45) is 1.11. The van der Waals surface area contributed by atoms with Crippen LogP contribution >= 0.6 is 11.6 Å². The summed E-state index contributed by atoms with van der Waals surface area (Å²) in [4.78, 5) is 12.0. The number of hydrogen-bond donors (Lipinski definition) is 0. The molecule has 0 aliphatic carbocycles. The van der Waals surface area contributed by atoms with E-state index < -0.39 is 15.8 Å². The largest absolute Gasteiger partial charge is 0.457 e. The topological polar surface area (TPSA) is 60.4 Å². The van der Waals surface area contributed by atoms with Crippen LogP contribution in [0.15, 0.2) is 53.4 Å². The summed E-state index contributed by atoms with van der Waals surface area (Å²) in [7, 11) is -3.27. The summed E-state index contributed by atoms with van der Waals surface area (Å²) in [5, 5.41) is 0.570. The number of ether oxygens (including phenoxy) is 1. The average molecular weight is 325 g/mol. The minimum absolute atomic E-state index is 0.104. The zero-order valence-corrected chi connectivity index (χ0v) is 12.8. The molecule has 2 aromatic carbocycles. The Labute approximate surface area is 128 Å². The van der Waals surface area contributed by atoms with Gasteiger partial charge >= 0.3 is 5.97 Å². The highest BCUT2D eigenvalue weighted by atomic mass is 35.5. The lowest BCUT2D eigenvalue weighted by atomic mass is 10.2. The molecule has 0 saturated heterocycles. The smallest absolute Gasteiger partial charge is 0.338 e. The molecule has 2 aromatic rings. The molecular weight excluding hydrogens is 312 g/mol. The Morgan fingerprint density at radius 2 is 1.81 bits per heavy atom. The van der Waals surface area contributed by atoms with Crippen molar-refractivity contribution in [1.29, 1.82) is 0 Å². The summed E-state index contributed by atoms with van der Waals surface area (Å²) in [5.74, 6) is -0.518. The predicted molar refractivity (Wildman–Crippen MR) is 80.1 cm³/mol. The third-order valence-corrected chi connectivity index (χ3v) is 4.14. The normalized spacial score (nSPS) is 11.1. The van der Waals surface area contributed by atoms with Gasteiger partial charge in [-0.25, -0.2) is 13.2 Å². The monoisotopic (exact) mass is 324 g/mol. The van der Waals surface area contributed by atoms with Crippen LogP contribution in [0, 0.1) is 0 Å². The van der Waals surface area contributed by atoms with Crippen LogP contribution in [-0.2, 0) is 21.2 Å². The first-order valence-electron chi connectivity index (χ1n) is 6.08. The van der Waals surface area contributed by atoms with Crippen molar-refractivity contribution in [3.05, 3.63) is 64.7 Å². The average Bonchev–Trinajstić information content (AvgIpc) is 2.44. The van der Waals surface area contributed by atoms with Crippen LogP contribution < -0.4 is 0 Å². The van der Waals surface area contributed by atoms with Crippen molar-refractivity contribution in [2.75, 3.05) is 6.26 Å². The van der Waals surface area contributed by atoms with Crippen molar-refractivity contribution in [2.24, 2.45) is 0 Å². The molecule has 110 valence electrons. The van der Waals surface area contributed by atoms with Crippen molar-refractivity contribution >= 4 is 27.4 Å². The second-order valence-electron chi connectivity index (χ2n) is 4.50. The lowest BCUT2D eigenvalue weighted by Crippen LogP contribution is -2.06. The van der Waals surface area contributed by atoms with E-state index in [1.165, 1.54) is 24.3 Å². The van der Waals surface area contributed by atoms with Crippen LogP contribution in [0.1, 0.15) is 15.9 Å². The summed E-state index contributed by atoms with van der Waals surface area (Å²) >= 11 is 5.84. The molecule has 0 fully saturated rings. The zero-order valence-electron chi connectivity index (χ0n) is 11.2. The Kier molecular flexibility index (Phi) is 4.65. The van der Waals surface area contributed by atoms with Crippen molar-refractivity contribution in [3.63, 3.8) is 0 Å².